The SMILES string of the molecule is CCCCC(C)C(=O)OOc1ccc2c(c1)[C@@]13CCCC[C@H]1[C@@H](C2)NCC3. The highest BCUT2D eigenvalue weighted by molar-refractivity contribution is 5.71. The van der Waals surface area contributed by atoms with Crippen LogP contribution in [0.4, 0.5) is 0 Å². The Labute approximate surface area is 162 Å². The van der Waals surface area contributed by atoms with E-state index in [1.807, 2.05) is 13.0 Å². The van der Waals surface area contributed by atoms with Gasteiger partial charge in [-0.1, -0.05) is 45.6 Å². The summed E-state index contributed by atoms with van der Waals surface area (Å²) in [5.41, 5.74) is 3.19. The summed E-state index contributed by atoms with van der Waals surface area (Å²) in [5, 5.41) is 3.77. The number of rotatable bonds is 6. The summed E-state index contributed by atoms with van der Waals surface area (Å²) < 4.78 is 0. The van der Waals surface area contributed by atoms with Crippen molar-refractivity contribution in [2.45, 2.75) is 83.1 Å². The molecule has 4 atom stereocenters. The molecule has 0 spiro atoms. The molecule has 2 bridgehead atoms. The number of piperidine rings is 1. The summed E-state index contributed by atoms with van der Waals surface area (Å²) in [5.74, 6) is 1.02. The van der Waals surface area contributed by atoms with Gasteiger partial charge in [0.05, 0.1) is 5.92 Å². The second kappa shape index (κ2) is 7.83. The van der Waals surface area contributed by atoms with Crippen molar-refractivity contribution in [2.24, 2.45) is 11.8 Å². The van der Waals surface area contributed by atoms with Crippen LogP contribution in [0.2, 0.25) is 0 Å². The van der Waals surface area contributed by atoms with E-state index in [0.717, 1.165) is 38.1 Å². The number of nitrogens with one attached hydrogen (secondary N) is 1. The minimum Gasteiger partial charge on any atom is -0.313 e. The van der Waals surface area contributed by atoms with E-state index < -0.39 is 0 Å². The summed E-state index contributed by atoms with van der Waals surface area (Å²) in [6.45, 7) is 5.15. The fraction of sp³-hybridized carbons (Fsp3) is 0.696. The Kier molecular flexibility index (Phi) is 5.45. The molecule has 4 nitrogen and oxygen atoms in total. The molecule has 4 rings (SSSR count). The number of carbonyl (C=O) groups excluding carboxylic acids is 1. The van der Waals surface area contributed by atoms with Crippen molar-refractivity contribution < 1.29 is 14.6 Å². The summed E-state index contributed by atoms with van der Waals surface area (Å²) in [7, 11) is 0. The Morgan fingerprint density at radius 3 is 3.07 bits per heavy atom. The highest BCUT2D eigenvalue weighted by Gasteiger charge is 2.51. The van der Waals surface area contributed by atoms with E-state index in [1.165, 1.54) is 43.2 Å². The lowest BCUT2D eigenvalue weighted by Crippen LogP contribution is -2.59. The molecule has 1 saturated heterocycles. The van der Waals surface area contributed by atoms with Crippen LogP contribution in [-0.4, -0.2) is 18.6 Å². The predicted octanol–water partition coefficient (Wildman–Crippen LogP) is 4.70. The molecule has 0 amide bonds. The summed E-state index contributed by atoms with van der Waals surface area (Å²) >= 11 is 0. The van der Waals surface area contributed by atoms with E-state index in [4.69, 9.17) is 9.78 Å². The molecule has 1 unspecified atom stereocenters. The molecule has 148 valence electrons. The molecule has 27 heavy (non-hydrogen) atoms. The average molecular weight is 372 g/mol. The largest absolute Gasteiger partial charge is 0.358 e. The van der Waals surface area contributed by atoms with Crippen LogP contribution in [0.1, 0.15) is 76.3 Å². The average Bonchev–Trinajstić information content (AvgIpc) is 2.70. The summed E-state index contributed by atoms with van der Waals surface area (Å²) in [6.07, 6.45) is 10.6. The maximum absolute atomic E-state index is 12.2. The highest BCUT2D eigenvalue weighted by Crippen LogP contribution is 2.54. The molecule has 3 aliphatic rings. The lowest BCUT2D eigenvalue weighted by Gasteiger charge is -2.56. The number of unbranched alkanes of at least 4 members (excludes halogenated alkanes) is 1. The maximum Gasteiger partial charge on any atom is 0.358 e. The van der Waals surface area contributed by atoms with Gasteiger partial charge >= 0.3 is 5.97 Å². The topological polar surface area (TPSA) is 47.6 Å². The Bertz CT molecular complexity index is 684. The quantitative estimate of drug-likeness (QED) is 0.582. The summed E-state index contributed by atoms with van der Waals surface area (Å²) in [6, 6.07) is 6.93. The van der Waals surface area contributed by atoms with Gasteiger partial charge in [-0.3, -0.25) is 9.78 Å². The van der Waals surface area contributed by atoms with Crippen molar-refractivity contribution in [3.8, 4) is 5.75 Å². The third-order valence-electron chi connectivity index (χ3n) is 7.23. The van der Waals surface area contributed by atoms with Crippen molar-refractivity contribution in [2.75, 3.05) is 6.54 Å². The number of carbonyl (C=O) groups is 1. The number of fused-ring (bicyclic) bond motifs is 1. The monoisotopic (exact) mass is 371 g/mol. The van der Waals surface area contributed by atoms with Crippen LogP contribution in [-0.2, 0) is 21.5 Å². The Morgan fingerprint density at radius 2 is 2.22 bits per heavy atom. The van der Waals surface area contributed by atoms with Gasteiger partial charge in [-0.05, 0) is 67.8 Å². The second-order valence-electron chi connectivity index (χ2n) is 8.87. The molecule has 1 N–H and O–H groups in total. The normalized spacial score (nSPS) is 30.0. The molecule has 1 aromatic carbocycles. The van der Waals surface area contributed by atoms with Crippen molar-refractivity contribution >= 4 is 5.97 Å². The van der Waals surface area contributed by atoms with Gasteiger partial charge in [0, 0.05) is 11.5 Å². The molecule has 1 heterocycles. The first kappa shape index (κ1) is 18.8. The molecule has 1 aliphatic heterocycles. The van der Waals surface area contributed by atoms with Gasteiger partial charge in [0.25, 0.3) is 0 Å². The van der Waals surface area contributed by atoms with Crippen LogP contribution < -0.4 is 10.2 Å². The first-order valence-electron chi connectivity index (χ1n) is 10.9. The van der Waals surface area contributed by atoms with E-state index in [1.54, 1.807) is 0 Å². The first-order valence-corrected chi connectivity index (χ1v) is 10.9. The molecular formula is C23H33NO3. The number of benzene rings is 1. The van der Waals surface area contributed by atoms with Crippen molar-refractivity contribution in [3.63, 3.8) is 0 Å². The molecule has 2 aliphatic carbocycles. The molecule has 0 radical (unpaired) electrons. The second-order valence-corrected chi connectivity index (χ2v) is 8.87. The molecular weight excluding hydrogens is 338 g/mol. The van der Waals surface area contributed by atoms with E-state index in [9.17, 15) is 4.79 Å². The predicted molar refractivity (Wildman–Crippen MR) is 106 cm³/mol. The number of hydrogen-bond donors (Lipinski definition) is 1. The van der Waals surface area contributed by atoms with Crippen LogP contribution in [0, 0.1) is 11.8 Å². The fourth-order valence-corrected chi connectivity index (χ4v) is 5.75. The van der Waals surface area contributed by atoms with Crippen LogP contribution in [0.15, 0.2) is 18.2 Å². The third-order valence-corrected chi connectivity index (χ3v) is 7.23. The zero-order valence-corrected chi connectivity index (χ0v) is 16.8. The van der Waals surface area contributed by atoms with E-state index >= 15 is 0 Å². The van der Waals surface area contributed by atoms with Crippen molar-refractivity contribution in [1.29, 1.82) is 0 Å². The van der Waals surface area contributed by atoms with Crippen LogP contribution >= 0.6 is 0 Å². The van der Waals surface area contributed by atoms with Crippen LogP contribution in [0.5, 0.6) is 5.75 Å². The van der Waals surface area contributed by atoms with Crippen LogP contribution in [0.25, 0.3) is 0 Å². The van der Waals surface area contributed by atoms with Gasteiger partial charge in [-0.25, -0.2) is 4.79 Å². The Hall–Kier alpha value is -1.55. The molecule has 0 aromatic heterocycles. The Balaban J connectivity index is 1.51. The maximum atomic E-state index is 12.2. The van der Waals surface area contributed by atoms with Gasteiger partial charge in [0.1, 0.15) is 0 Å². The Morgan fingerprint density at radius 1 is 1.33 bits per heavy atom. The lowest BCUT2D eigenvalue weighted by molar-refractivity contribution is -0.218. The standard InChI is InChI=1S/C23H33NO3/c1-3-4-7-16(2)22(25)27-26-18-10-9-17-14-21-19-8-5-6-11-23(19,12-13-24-21)20(17)15-18/h9-10,15-16,19,21,24H,3-8,11-14H2,1-2H3/t16?,19-,21+,23+/m0/s1. The smallest absolute Gasteiger partial charge is 0.313 e. The van der Waals surface area contributed by atoms with E-state index in [-0.39, 0.29) is 11.9 Å². The lowest BCUT2D eigenvalue weighted by atomic mass is 9.53. The van der Waals surface area contributed by atoms with Gasteiger partial charge < -0.3 is 5.32 Å². The summed E-state index contributed by atoms with van der Waals surface area (Å²) in [4.78, 5) is 22.8. The zero-order valence-electron chi connectivity index (χ0n) is 16.8. The molecule has 4 heteroatoms. The minimum absolute atomic E-state index is 0.117. The van der Waals surface area contributed by atoms with Crippen molar-refractivity contribution in [3.05, 3.63) is 29.3 Å². The van der Waals surface area contributed by atoms with E-state index in [2.05, 4.69) is 24.4 Å². The van der Waals surface area contributed by atoms with Gasteiger partial charge in [0.2, 0.25) is 0 Å². The minimum atomic E-state index is -0.267. The first-order chi connectivity index (χ1) is 13.1. The zero-order chi connectivity index (χ0) is 18.9. The third kappa shape index (κ3) is 3.49. The number of hydrogen-bond acceptors (Lipinski definition) is 4. The molecule has 1 saturated carbocycles. The van der Waals surface area contributed by atoms with Gasteiger partial charge in [-0.15, -0.1) is 0 Å². The molecule has 1 aromatic rings. The molecule has 2 fully saturated rings. The van der Waals surface area contributed by atoms with Gasteiger partial charge in [0.15, 0.2) is 5.75 Å². The van der Waals surface area contributed by atoms with E-state index in [0.29, 0.717) is 17.2 Å². The van der Waals surface area contributed by atoms with Crippen LogP contribution in [0.3, 0.4) is 0 Å². The fourth-order valence-electron chi connectivity index (χ4n) is 5.75. The highest BCUT2D eigenvalue weighted by atomic mass is 17.2. The van der Waals surface area contributed by atoms with Crippen molar-refractivity contribution in [1.82, 2.24) is 5.32 Å². The van der Waals surface area contributed by atoms with Gasteiger partial charge in [-0.2, -0.15) is 0 Å².